The van der Waals surface area contributed by atoms with Crippen LogP contribution in [0.5, 0.6) is 5.75 Å². The quantitative estimate of drug-likeness (QED) is 0.870. The number of imidazole rings is 1. The van der Waals surface area contributed by atoms with Crippen LogP contribution in [0.2, 0.25) is 0 Å². The van der Waals surface area contributed by atoms with E-state index in [1.807, 2.05) is 18.6 Å². The predicted molar refractivity (Wildman–Crippen MR) is 68.9 cm³/mol. The van der Waals surface area contributed by atoms with Crippen LogP contribution in [-0.4, -0.2) is 14.5 Å². The molecule has 2 aromatic rings. The molecule has 0 spiro atoms. The fraction of sp³-hybridized carbons (Fsp3) is 0.333. The minimum atomic E-state index is 0.386. The van der Waals surface area contributed by atoms with Crippen LogP contribution in [0.3, 0.4) is 0 Å². The largest absolute Gasteiger partial charge is 0.486 e. The fourth-order valence-corrected chi connectivity index (χ4v) is 1.88. The van der Waals surface area contributed by atoms with Gasteiger partial charge < -0.3 is 9.30 Å². The summed E-state index contributed by atoms with van der Waals surface area (Å²) < 4.78 is 8.67. The summed E-state index contributed by atoms with van der Waals surface area (Å²) in [4.78, 5) is 8.18. The van der Waals surface area contributed by atoms with Gasteiger partial charge in [0.25, 0.3) is 0 Å². The first-order valence-electron chi connectivity index (χ1n) is 5.41. The van der Waals surface area contributed by atoms with E-state index in [0.717, 1.165) is 15.9 Å². The molecule has 0 aliphatic carbocycles. The Balaban J connectivity index is 2.05. The molecule has 0 saturated heterocycles. The Labute approximate surface area is 109 Å². The molecule has 0 saturated carbocycles. The lowest BCUT2D eigenvalue weighted by atomic mass is 10.3. The molecule has 5 heteroatoms. The number of nitrogens with zero attached hydrogens (tertiary/aromatic N) is 3. The van der Waals surface area contributed by atoms with E-state index >= 15 is 0 Å². The summed E-state index contributed by atoms with van der Waals surface area (Å²) in [5, 5.41) is 0. The number of hydrogen-bond acceptors (Lipinski definition) is 3. The fourth-order valence-electron chi connectivity index (χ4n) is 1.54. The van der Waals surface area contributed by atoms with Gasteiger partial charge in [0.05, 0.1) is 24.4 Å². The van der Waals surface area contributed by atoms with Crippen LogP contribution in [0.15, 0.2) is 35.5 Å². The smallest absolute Gasteiger partial charge is 0.139 e. The normalized spacial score (nSPS) is 10.8. The molecule has 0 atom stereocenters. The zero-order valence-electron chi connectivity index (χ0n) is 9.80. The van der Waals surface area contributed by atoms with Crippen LogP contribution >= 0.6 is 15.9 Å². The minimum absolute atomic E-state index is 0.386. The van der Waals surface area contributed by atoms with Crippen molar-refractivity contribution in [3.8, 4) is 5.75 Å². The first kappa shape index (κ1) is 12.1. The van der Waals surface area contributed by atoms with Crippen LogP contribution < -0.4 is 4.74 Å². The highest BCUT2D eigenvalue weighted by atomic mass is 79.9. The molecular weight excluding hydrogens is 282 g/mol. The van der Waals surface area contributed by atoms with Gasteiger partial charge in [-0.3, -0.25) is 4.98 Å². The van der Waals surface area contributed by atoms with Crippen molar-refractivity contribution in [1.82, 2.24) is 14.5 Å². The van der Waals surface area contributed by atoms with Crippen LogP contribution in [0.1, 0.15) is 25.6 Å². The zero-order valence-corrected chi connectivity index (χ0v) is 11.4. The molecule has 0 aliphatic rings. The maximum absolute atomic E-state index is 5.67. The van der Waals surface area contributed by atoms with Crippen molar-refractivity contribution in [2.45, 2.75) is 26.5 Å². The number of rotatable bonds is 4. The standard InChI is InChI=1S/C12H14BrN3O/c1-9(2)16-8-15-5-11(16)7-17-12-3-10(13)4-14-6-12/h3-6,8-9H,7H2,1-2H3. The Morgan fingerprint density at radius 3 is 2.82 bits per heavy atom. The second-order valence-electron chi connectivity index (χ2n) is 4.01. The number of hydrogen-bond donors (Lipinski definition) is 0. The number of halogens is 1. The molecule has 0 bridgehead atoms. The third kappa shape index (κ3) is 3.06. The summed E-state index contributed by atoms with van der Waals surface area (Å²) in [6.45, 7) is 4.73. The monoisotopic (exact) mass is 295 g/mol. The summed E-state index contributed by atoms with van der Waals surface area (Å²) >= 11 is 3.36. The predicted octanol–water partition coefficient (Wildman–Crippen LogP) is 3.20. The molecule has 2 heterocycles. The molecule has 4 nitrogen and oxygen atoms in total. The summed E-state index contributed by atoms with van der Waals surface area (Å²) in [5.74, 6) is 0.746. The van der Waals surface area contributed by atoms with E-state index in [2.05, 4.69) is 44.3 Å². The molecule has 0 unspecified atom stereocenters. The number of aromatic nitrogens is 3. The van der Waals surface area contributed by atoms with Crippen LogP contribution in [-0.2, 0) is 6.61 Å². The first-order valence-corrected chi connectivity index (χ1v) is 6.20. The molecule has 2 aromatic heterocycles. The second-order valence-corrected chi connectivity index (χ2v) is 4.93. The van der Waals surface area contributed by atoms with Gasteiger partial charge in [0.15, 0.2) is 0 Å². The van der Waals surface area contributed by atoms with E-state index in [4.69, 9.17) is 4.74 Å². The molecular formula is C12H14BrN3O. The van der Waals surface area contributed by atoms with Crippen molar-refractivity contribution in [1.29, 1.82) is 0 Å². The molecule has 2 rings (SSSR count). The highest BCUT2D eigenvalue weighted by Gasteiger charge is 2.06. The lowest BCUT2D eigenvalue weighted by molar-refractivity contribution is 0.291. The van der Waals surface area contributed by atoms with Gasteiger partial charge in [0.1, 0.15) is 12.4 Å². The van der Waals surface area contributed by atoms with E-state index in [1.165, 1.54) is 0 Å². The van der Waals surface area contributed by atoms with E-state index in [0.29, 0.717) is 12.6 Å². The van der Waals surface area contributed by atoms with Gasteiger partial charge in [-0.05, 0) is 35.8 Å². The van der Waals surface area contributed by atoms with Crippen molar-refractivity contribution < 1.29 is 4.74 Å². The molecule has 0 fully saturated rings. The SMILES string of the molecule is CC(C)n1cncc1COc1cncc(Br)c1. The van der Waals surface area contributed by atoms with Gasteiger partial charge in [-0.1, -0.05) is 0 Å². The van der Waals surface area contributed by atoms with Gasteiger partial charge in [-0.2, -0.15) is 0 Å². The minimum Gasteiger partial charge on any atom is -0.486 e. The van der Waals surface area contributed by atoms with Crippen molar-refractivity contribution in [3.63, 3.8) is 0 Å². The van der Waals surface area contributed by atoms with E-state index in [-0.39, 0.29) is 0 Å². The van der Waals surface area contributed by atoms with Crippen LogP contribution in [0, 0.1) is 0 Å². The summed E-state index contributed by atoms with van der Waals surface area (Å²) in [6, 6.07) is 2.28. The van der Waals surface area contributed by atoms with Crippen LogP contribution in [0.4, 0.5) is 0 Å². The Morgan fingerprint density at radius 2 is 2.12 bits per heavy atom. The second kappa shape index (κ2) is 5.31. The lowest BCUT2D eigenvalue weighted by Gasteiger charge is -2.12. The van der Waals surface area contributed by atoms with Crippen LogP contribution in [0.25, 0.3) is 0 Å². The molecule has 0 aromatic carbocycles. The topological polar surface area (TPSA) is 39.9 Å². The van der Waals surface area contributed by atoms with Gasteiger partial charge in [-0.25, -0.2) is 4.98 Å². The number of ether oxygens (including phenoxy) is 1. The third-order valence-electron chi connectivity index (χ3n) is 2.37. The van der Waals surface area contributed by atoms with Gasteiger partial charge >= 0.3 is 0 Å². The third-order valence-corrected chi connectivity index (χ3v) is 2.80. The first-order chi connectivity index (χ1) is 8.16. The molecule has 0 N–H and O–H groups in total. The van der Waals surface area contributed by atoms with E-state index in [9.17, 15) is 0 Å². The molecule has 0 amide bonds. The Kier molecular flexibility index (Phi) is 3.78. The molecule has 0 aliphatic heterocycles. The van der Waals surface area contributed by atoms with Gasteiger partial charge in [0, 0.05) is 16.7 Å². The zero-order chi connectivity index (χ0) is 12.3. The molecule has 0 radical (unpaired) electrons. The summed E-state index contributed by atoms with van der Waals surface area (Å²) in [7, 11) is 0. The highest BCUT2D eigenvalue weighted by Crippen LogP contribution is 2.17. The molecule has 17 heavy (non-hydrogen) atoms. The van der Waals surface area contributed by atoms with Crippen molar-refractivity contribution in [3.05, 3.63) is 41.2 Å². The average molecular weight is 296 g/mol. The molecule has 90 valence electrons. The maximum Gasteiger partial charge on any atom is 0.139 e. The Morgan fingerprint density at radius 1 is 1.29 bits per heavy atom. The summed E-state index contributed by atoms with van der Waals surface area (Å²) in [5.41, 5.74) is 1.06. The van der Waals surface area contributed by atoms with Gasteiger partial charge in [-0.15, -0.1) is 0 Å². The van der Waals surface area contributed by atoms with E-state index in [1.54, 1.807) is 12.4 Å². The average Bonchev–Trinajstić information content (AvgIpc) is 2.74. The highest BCUT2D eigenvalue weighted by molar-refractivity contribution is 9.10. The van der Waals surface area contributed by atoms with Crippen molar-refractivity contribution in [2.24, 2.45) is 0 Å². The van der Waals surface area contributed by atoms with Crippen molar-refractivity contribution >= 4 is 15.9 Å². The van der Waals surface area contributed by atoms with E-state index < -0.39 is 0 Å². The maximum atomic E-state index is 5.67. The Bertz CT molecular complexity index is 496. The lowest BCUT2D eigenvalue weighted by Crippen LogP contribution is -2.07. The van der Waals surface area contributed by atoms with Crippen molar-refractivity contribution in [2.75, 3.05) is 0 Å². The summed E-state index contributed by atoms with van der Waals surface area (Å²) in [6.07, 6.45) is 7.07. The number of pyridine rings is 1. The van der Waals surface area contributed by atoms with Gasteiger partial charge in [0.2, 0.25) is 0 Å². The Hall–Kier alpha value is -1.36.